The van der Waals surface area contributed by atoms with Crippen molar-refractivity contribution in [2.45, 2.75) is 0 Å². The second-order valence-electron chi connectivity index (χ2n) is 3.42. The van der Waals surface area contributed by atoms with Gasteiger partial charge in [0.1, 0.15) is 11.6 Å². The first kappa shape index (κ1) is 11.3. The Hall–Kier alpha value is -2.18. The summed E-state index contributed by atoms with van der Waals surface area (Å²) in [4.78, 5) is 12.0. The lowest BCUT2D eigenvalue weighted by Gasteiger charge is -1.98. The Labute approximate surface area is 103 Å². The van der Waals surface area contributed by atoms with Crippen LogP contribution in [0.3, 0.4) is 0 Å². The van der Waals surface area contributed by atoms with Gasteiger partial charge >= 0.3 is 0 Å². The smallest absolute Gasteiger partial charge is 0.203 e. The molecule has 0 radical (unpaired) electrons. The van der Waals surface area contributed by atoms with Crippen molar-refractivity contribution in [1.82, 2.24) is 0 Å². The van der Waals surface area contributed by atoms with E-state index in [1.165, 1.54) is 11.3 Å². The first-order chi connectivity index (χ1) is 8.31. The number of Topliss-reactive ketones (excluding diaryl/α,β-unsaturated/α-hetero) is 1. The normalized spacial score (nSPS) is 10.9. The average Bonchev–Trinajstić information content (AvgIpc) is 2.89. The quantitative estimate of drug-likeness (QED) is 0.467. The Morgan fingerprint density at radius 2 is 2.00 bits per heavy atom. The van der Waals surface area contributed by atoms with E-state index in [1.54, 1.807) is 30.3 Å². The molecule has 3 heteroatoms. The van der Waals surface area contributed by atoms with Gasteiger partial charge in [-0.15, -0.1) is 0 Å². The highest BCUT2D eigenvalue weighted by Crippen LogP contribution is 2.14. The van der Waals surface area contributed by atoms with Crippen LogP contribution in [0.25, 0.3) is 6.08 Å². The first-order valence-corrected chi connectivity index (χ1v) is 5.99. The summed E-state index contributed by atoms with van der Waals surface area (Å²) in [6.07, 6.45) is 1.62. The summed E-state index contributed by atoms with van der Waals surface area (Å²) in [5, 5.41) is 12.8. The van der Waals surface area contributed by atoms with Crippen molar-refractivity contribution in [2.75, 3.05) is 0 Å². The summed E-state index contributed by atoms with van der Waals surface area (Å²) in [7, 11) is 0. The number of nitrogens with zero attached hydrogens (tertiary/aromatic N) is 1. The van der Waals surface area contributed by atoms with E-state index in [1.807, 2.05) is 29.0 Å². The third kappa shape index (κ3) is 2.68. The first-order valence-electron chi connectivity index (χ1n) is 5.05. The van der Waals surface area contributed by atoms with E-state index in [-0.39, 0.29) is 11.4 Å². The molecule has 82 valence electrons. The number of carbonyl (C=O) groups is 1. The number of carbonyl (C=O) groups excluding carboxylic acids is 1. The van der Waals surface area contributed by atoms with Crippen LogP contribution in [0.1, 0.15) is 15.9 Å². The third-order valence-corrected chi connectivity index (χ3v) is 2.96. The highest BCUT2D eigenvalue weighted by atomic mass is 32.1. The molecule has 0 saturated carbocycles. The fourth-order valence-corrected chi connectivity index (χ4v) is 2.04. The molecule has 0 amide bonds. The lowest BCUT2D eigenvalue weighted by molar-refractivity contribution is 0.104. The van der Waals surface area contributed by atoms with E-state index < -0.39 is 0 Å². The second-order valence-corrected chi connectivity index (χ2v) is 4.20. The van der Waals surface area contributed by atoms with E-state index in [0.717, 1.165) is 5.56 Å². The molecule has 0 aliphatic carbocycles. The van der Waals surface area contributed by atoms with Gasteiger partial charge in [-0.3, -0.25) is 4.79 Å². The molecule has 0 saturated heterocycles. The van der Waals surface area contributed by atoms with Crippen molar-refractivity contribution < 1.29 is 4.79 Å². The van der Waals surface area contributed by atoms with Crippen LogP contribution in [0.4, 0.5) is 0 Å². The average molecular weight is 239 g/mol. The molecule has 17 heavy (non-hydrogen) atoms. The largest absolute Gasteiger partial charge is 0.288 e. The zero-order valence-electron chi connectivity index (χ0n) is 8.96. The zero-order valence-corrected chi connectivity index (χ0v) is 9.78. The summed E-state index contributed by atoms with van der Waals surface area (Å²) < 4.78 is 0. The standard InChI is InChI=1S/C14H9NOS/c15-9-13(8-11-6-7-17-10-11)14(16)12-4-2-1-3-5-12/h1-8,10H/b13-8+. The van der Waals surface area contributed by atoms with Gasteiger partial charge in [-0.25, -0.2) is 0 Å². The summed E-state index contributed by atoms with van der Waals surface area (Å²) in [5.41, 5.74) is 1.58. The van der Waals surface area contributed by atoms with Gasteiger partial charge in [0.25, 0.3) is 0 Å². The molecular formula is C14H9NOS. The van der Waals surface area contributed by atoms with Crippen LogP contribution in [0.2, 0.25) is 0 Å². The molecule has 0 bridgehead atoms. The lowest BCUT2D eigenvalue weighted by Crippen LogP contribution is -2.01. The minimum Gasteiger partial charge on any atom is -0.288 e. The molecule has 2 aromatic rings. The third-order valence-electron chi connectivity index (χ3n) is 2.26. The molecule has 2 rings (SSSR count). The SMILES string of the molecule is N#C/C(=C\c1ccsc1)C(=O)c1ccccc1. The minimum absolute atomic E-state index is 0.162. The maximum absolute atomic E-state index is 12.0. The molecule has 1 aromatic heterocycles. The maximum Gasteiger partial charge on any atom is 0.203 e. The summed E-state index contributed by atoms with van der Waals surface area (Å²) in [6, 6.07) is 12.7. The fraction of sp³-hybridized carbons (Fsp3) is 0. The van der Waals surface area contributed by atoms with E-state index >= 15 is 0 Å². The summed E-state index contributed by atoms with van der Waals surface area (Å²) in [6.45, 7) is 0. The Morgan fingerprint density at radius 1 is 1.24 bits per heavy atom. The van der Waals surface area contributed by atoms with Crippen molar-refractivity contribution in [1.29, 1.82) is 5.26 Å². The molecule has 0 aliphatic rings. The number of benzene rings is 1. The number of nitriles is 1. The highest BCUT2D eigenvalue weighted by molar-refractivity contribution is 7.08. The predicted molar refractivity (Wildman–Crippen MR) is 68.7 cm³/mol. The van der Waals surface area contributed by atoms with Crippen molar-refractivity contribution in [2.24, 2.45) is 0 Å². The number of ketones is 1. The molecule has 0 unspecified atom stereocenters. The zero-order chi connectivity index (χ0) is 12.1. The topological polar surface area (TPSA) is 40.9 Å². The van der Waals surface area contributed by atoms with Crippen LogP contribution >= 0.6 is 11.3 Å². The van der Waals surface area contributed by atoms with Gasteiger partial charge in [-0.2, -0.15) is 16.6 Å². The second kappa shape index (κ2) is 5.24. The van der Waals surface area contributed by atoms with Crippen LogP contribution in [-0.4, -0.2) is 5.78 Å². The summed E-state index contributed by atoms with van der Waals surface area (Å²) in [5.74, 6) is -0.237. The van der Waals surface area contributed by atoms with Gasteiger partial charge in [-0.05, 0) is 28.5 Å². The summed E-state index contributed by atoms with van der Waals surface area (Å²) >= 11 is 1.53. The number of allylic oxidation sites excluding steroid dienone is 1. The van der Waals surface area contributed by atoms with Crippen molar-refractivity contribution in [3.63, 3.8) is 0 Å². The number of rotatable bonds is 3. The van der Waals surface area contributed by atoms with Gasteiger partial charge in [0.15, 0.2) is 0 Å². The van der Waals surface area contributed by atoms with Gasteiger partial charge in [-0.1, -0.05) is 30.3 Å². The Morgan fingerprint density at radius 3 is 2.59 bits per heavy atom. The molecule has 0 aliphatic heterocycles. The molecule has 0 fully saturated rings. The minimum atomic E-state index is -0.237. The number of thiophene rings is 1. The molecule has 0 atom stereocenters. The van der Waals surface area contributed by atoms with Crippen molar-refractivity contribution in [3.05, 3.63) is 63.9 Å². The monoisotopic (exact) mass is 239 g/mol. The molecular weight excluding hydrogens is 230 g/mol. The predicted octanol–water partition coefficient (Wildman–Crippen LogP) is 3.54. The van der Waals surface area contributed by atoms with Crippen molar-refractivity contribution in [3.8, 4) is 6.07 Å². The van der Waals surface area contributed by atoms with E-state index in [9.17, 15) is 4.79 Å². The Balaban J connectivity index is 2.33. The molecule has 0 spiro atoms. The van der Waals surface area contributed by atoms with Crippen LogP contribution in [-0.2, 0) is 0 Å². The van der Waals surface area contributed by atoms with E-state index in [0.29, 0.717) is 5.56 Å². The van der Waals surface area contributed by atoms with Gasteiger partial charge in [0.05, 0.1) is 0 Å². The fourth-order valence-electron chi connectivity index (χ4n) is 1.42. The molecule has 0 N–H and O–H groups in total. The van der Waals surface area contributed by atoms with Crippen LogP contribution in [0.5, 0.6) is 0 Å². The van der Waals surface area contributed by atoms with Gasteiger partial charge in [0, 0.05) is 5.56 Å². The van der Waals surface area contributed by atoms with Crippen LogP contribution in [0, 0.1) is 11.3 Å². The highest BCUT2D eigenvalue weighted by Gasteiger charge is 2.11. The number of hydrogen-bond acceptors (Lipinski definition) is 3. The van der Waals surface area contributed by atoms with Crippen LogP contribution in [0.15, 0.2) is 52.7 Å². The molecule has 1 heterocycles. The van der Waals surface area contributed by atoms with E-state index in [4.69, 9.17) is 5.26 Å². The number of hydrogen-bond donors (Lipinski definition) is 0. The molecule has 1 aromatic carbocycles. The maximum atomic E-state index is 12.0. The Bertz CT molecular complexity index is 576. The van der Waals surface area contributed by atoms with Gasteiger partial charge in [0.2, 0.25) is 5.78 Å². The van der Waals surface area contributed by atoms with Gasteiger partial charge < -0.3 is 0 Å². The lowest BCUT2D eigenvalue weighted by atomic mass is 10.0. The Kier molecular flexibility index (Phi) is 3.49. The van der Waals surface area contributed by atoms with Crippen molar-refractivity contribution >= 4 is 23.2 Å². The van der Waals surface area contributed by atoms with E-state index in [2.05, 4.69) is 0 Å². The van der Waals surface area contributed by atoms with Crippen LogP contribution < -0.4 is 0 Å². The molecule has 2 nitrogen and oxygen atoms in total.